The normalized spacial score (nSPS) is 10.9. The Bertz CT molecular complexity index is 1500. The Kier molecular flexibility index (Phi) is 7.29. The maximum Gasteiger partial charge on any atom is 0.278 e. The van der Waals surface area contributed by atoms with Crippen LogP contribution in [-0.4, -0.2) is 21.4 Å². The molecule has 0 atom stereocenters. The molecule has 0 saturated carbocycles. The standard InChI is InChI=1S/C29H30N4O3/c1-5-20-14-15-22(30-25(34)6-2)21(16-20)28-29(36)33(24-13-8-7-12-23(24)31-28)17-26(35)32-27-18(3)10-9-11-19(27)4/h7-16H,5-6,17H2,1-4H3,(H,30,34)(H,32,35). The number of hydrogen-bond acceptors (Lipinski definition) is 4. The predicted molar refractivity (Wildman–Crippen MR) is 144 cm³/mol. The Labute approximate surface area is 210 Å². The molecule has 0 fully saturated rings. The molecule has 0 aliphatic carbocycles. The fourth-order valence-electron chi connectivity index (χ4n) is 4.21. The molecule has 2 N–H and O–H groups in total. The SMILES string of the molecule is CCC(=O)Nc1ccc(CC)cc1-c1nc2ccccc2n(CC(=O)Nc2c(C)cccc2C)c1=O. The van der Waals surface area contributed by atoms with Crippen LogP contribution in [0.5, 0.6) is 0 Å². The largest absolute Gasteiger partial charge is 0.325 e. The molecule has 1 aromatic heterocycles. The van der Waals surface area contributed by atoms with E-state index in [1.165, 1.54) is 4.57 Å². The van der Waals surface area contributed by atoms with E-state index >= 15 is 0 Å². The summed E-state index contributed by atoms with van der Waals surface area (Å²) in [7, 11) is 0. The maximum absolute atomic E-state index is 13.8. The van der Waals surface area contributed by atoms with Gasteiger partial charge in [-0.1, -0.05) is 50.2 Å². The number of carbonyl (C=O) groups excluding carboxylic acids is 2. The van der Waals surface area contributed by atoms with Crippen molar-refractivity contribution in [2.24, 2.45) is 0 Å². The average Bonchev–Trinajstić information content (AvgIpc) is 2.88. The first-order valence-corrected chi connectivity index (χ1v) is 12.1. The lowest BCUT2D eigenvalue weighted by molar-refractivity contribution is -0.117. The van der Waals surface area contributed by atoms with Gasteiger partial charge in [0.2, 0.25) is 11.8 Å². The first-order chi connectivity index (χ1) is 17.3. The number of aromatic nitrogens is 2. The Morgan fingerprint density at radius 2 is 1.61 bits per heavy atom. The van der Waals surface area contributed by atoms with Gasteiger partial charge in [0.15, 0.2) is 0 Å². The zero-order valence-electron chi connectivity index (χ0n) is 21.0. The quantitative estimate of drug-likeness (QED) is 0.377. The smallest absolute Gasteiger partial charge is 0.278 e. The van der Waals surface area contributed by atoms with E-state index in [1.807, 2.05) is 69.3 Å². The number of nitrogens with one attached hydrogen (secondary N) is 2. The third-order valence-corrected chi connectivity index (χ3v) is 6.24. The van der Waals surface area contributed by atoms with E-state index in [9.17, 15) is 14.4 Å². The summed E-state index contributed by atoms with van der Waals surface area (Å²) in [5, 5.41) is 5.85. The van der Waals surface area contributed by atoms with E-state index in [1.54, 1.807) is 19.1 Å². The molecule has 0 saturated heterocycles. The number of para-hydroxylation sites is 3. The molecule has 2 amide bonds. The molecule has 0 bridgehead atoms. The van der Waals surface area contributed by atoms with Crippen molar-refractivity contribution in [2.45, 2.75) is 47.1 Å². The van der Waals surface area contributed by atoms with Gasteiger partial charge in [-0.15, -0.1) is 0 Å². The van der Waals surface area contributed by atoms with Gasteiger partial charge in [-0.3, -0.25) is 19.0 Å². The van der Waals surface area contributed by atoms with E-state index in [0.717, 1.165) is 28.8 Å². The second-order valence-corrected chi connectivity index (χ2v) is 8.79. The molecule has 0 aliphatic heterocycles. The zero-order chi connectivity index (χ0) is 25.8. The van der Waals surface area contributed by atoms with Crippen LogP contribution < -0.4 is 16.2 Å². The minimum Gasteiger partial charge on any atom is -0.325 e. The van der Waals surface area contributed by atoms with Crippen LogP contribution in [0.4, 0.5) is 11.4 Å². The summed E-state index contributed by atoms with van der Waals surface area (Å²) >= 11 is 0. The first kappa shape index (κ1) is 24.9. The summed E-state index contributed by atoms with van der Waals surface area (Å²) in [6.45, 7) is 7.48. The van der Waals surface area contributed by atoms with Crippen molar-refractivity contribution in [1.82, 2.24) is 9.55 Å². The van der Waals surface area contributed by atoms with Crippen molar-refractivity contribution >= 4 is 34.2 Å². The fourth-order valence-corrected chi connectivity index (χ4v) is 4.21. The van der Waals surface area contributed by atoms with E-state index in [4.69, 9.17) is 0 Å². The number of fused-ring (bicyclic) bond motifs is 1. The number of hydrogen-bond donors (Lipinski definition) is 2. The van der Waals surface area contributed by atoms with Gasteiger partial charge in [0.1, 0.15) is 12.2 Å². The number of carbonyl (C=O) groups is 2. The third kappa shape index (κ3) is 5.05. The lowest BCUT2D eigenvalue weighted by atomic mass is 10.0. The van der Waals surface area contributed by atoms with Gasteiger partial charge in [-0.2, -0.15) is 0 Å². The maximum atomic E-state index is 13.8. The highest BCUT2D eigenvalue weighted by Gasteiger charge is 2.19. The molecule has 4 aromatic rings. The molecule has 0 aliphatic rings. The summed E-state index contributed by atoms with van der Waals surface area (Å²) in [6.07, 6.45) is 1.07. The van der Waals surface area contributed by atoms with E-state index in [0.29, 0.717) is 28.7 Å². The number of amides is 2. The fraction of sp³-hybridized carbons (Fsp3) is 0.241. The predicted octanol–water partition coefficient (Wildman–Crippen LogP) is 5.23. The number of nitrogens with zero attached hydrogens (tertiary/aromatic N) is 2. The van der Waals surface area contributed by atoms with Crippen molar-refractivity contribution in [3.8, 4) is 11.3 Å². The van der Waals surface area contributed by atoms with Crippen molar-refractivity contribution in [1.29, 1.82) is 0 Å². The zero-order valence-corrected chi connectivity index (χ0v) is 21.0. The lowest BCUT2D eigenvalue weighted by Gasteiger charge is -2.16. The van der Waals surface area contributed by atoms with Crippen LogP contribution in [-0.2, 0) is 22.6 Å². The van der Waals surface area contributed by atoms with Gasteiger partial charge in [-0.25, -0.2) is 4.98 Å². The van der Waals surface area contributed by atoms with Crippen LogP contribution in [0.1, 0.15) is 37.0 Å². The highest BCUT2D eigenvalue weighted by atomic mass is 16.2. The molecule has 0 unspecified atom stereocenters. The summed E-state index contributed by atoms with van der Waals surface area (Å²) in [4.78, 5) is 43.8. The monoisotopic (exact) mass is 482 g/mol. The molecule has 1 heterocycles. The average molecular weight is 483 g/mol. The summed E-state index contributed by atoms with van der Waals surface area (Å²) in [5.74, 6) is -0.465. The van der Waals surface area contributed by atoms with Crippen molar-refractivity contribution in [2.75, 3.05) is 10.6 Å². The summed E-state index contributed by atoms with van der Waals surface area (Å²) < 4.78 is 1.45. The van der Waals surface area contributed by atoms with Crippen LogP contribution in [0, 0.1) is 13.8 Å². The Morgan fingerprint density at radius 1 is 0.889 bits per heavy atom. The summed E-state index contributed by atoms with van der Waals surface area (Å²) in [6, 6.07) is 18.7. The first-order valence-electron chi connectivity index (χ1n) is 12.1. The van der Waals surface area contributed by atoms with Crippen molar-refractivity contribution in [3.63, 3.8) is 0 Å². The Balaban J connectivity index is 1.84. The number of rotatable bonds is 7. The minimum absolute atomic E-state index is 0.158. The molecule has 0 radical (unpaired) electrons. The molecule has 4 rings (SSSR count). The minimum atomic E-state index is -0.398. The molecule has 0 spiro atoms. The Morgan fingerprint density at radius 3 is 2.31 bits per heavy atom. The molecule has 7 heteroatoms. The number of anilines is 2. The van der Waals surface area contributed by atoms with Gasteiger partial charge >= 0.3 is 0 Å². The molecule has 3 aromatic carbocycles. The van der Waals surface area contributed by atoms with E-state index in [2.05, 4.69) is 15.6 Å². The molecule has 36 heavy (non-hydrogen) atoms. The number of benzene rings is 3. The lowest BCUT2D eigenvalue weighted by Crippen LogP contribution is -2.30. The van der Waals surface area contributed by atoms with Crippen LogP contribution in [0.3, 0.4) is 0 Å². The molecular weight excluding hydrogens is 452 g/mol. The van der Waals surface area contributed by atoms with E-state index < -0.39 is 5.56 Å². The van der Waals surface area contributed by atoms with Gasteiger partial charge in [0.25, 0.3) is 5.56 Å². The van der Waals surface area contributed by atoms with Crippen molar-refractivity contribution in [3.05, 3.63) is 87.7 Å². The molecular formula is C29H30N4O3. The highest BCUT2D eigenvalue weighted by Crippen LogP contribution is 2.28. The molecule has 7 nitrogen and oxygen atoms in total. The summed E-state index contributed by atoms with van der Waals surface area (Å²) in [5.41, 5.74) is 5.65. The van der Waals surface area contributed by atoms with Crippen molar-refractivity contribution < 1.29 is 9.59 Å². The highest BCUT2D eigenvalue weighted by molar-refractivity contribution is 5.96. The van der Waals surface area contributed by atoms with Gasteiger partial charge < -0.3 is 10.6 Å². The van der Waals surface area contributed by atoms with Crippen LogP contribution >= 0.6 is 0 Å². The number of aryl methyl sites for hydroxylation is 3. The van der Waals surface area contributed by atoms with E-state index in [-0.39, 0.29) is 24.1 Å². The molecule has 184 valence electrons. The third-order valence-electron chi connectivity index (χ3n) is 6.24. The topological polar surface area (TPSA) is 93.1 Å². The second-order valence-electron chi connectivity index (χ2n) is 8.79. The second kappa shape index (κ2) is 10.6. The van der Waals surface area contributed by atoms with Gasteiger partial charge in [-0.05, 0) is 61.2 Å². The Hall–Kier alpha value is -4.26. The van der Waals surface area contributed by atoms with Gasteiger partial charge in [0, 0.05) is 17.7 Å². The van der Waals surface area contributed by atoms with Gasteiger partial charge in [0.05, 0.1) is 16.7 Å². The van der Waals surface area contributed by atoms with Crippen LogP contribution in [0.2, 0.25) is 0 Å². The van der Waals surface area contributed by atoms with Crippen LogP contribution in [0.25, 0.3) is 22.3 Å². The van der Waals surface area contributed by atoms with Crippen LogP contribution in [0.15, 0.2) is 65.5 Å².